The molecule has 0 saturated carbocycles. The van der Waals surface area contributed by atoms with Gasteiger partial charge >= 0.3 is 10.3 Å². The second kappa shape index (κ2) is 3.69. The van der Waals surface area contributed by atoms with Crippen molar-refractivity contribution in [1.82, 2.24) is 4.72 Å². The Hall–Kier alpha value is -1.18. The van der Waals surface area contributed by atoms with Crippen LogP contribution in [0.15, 0.2) is 18.2 Å². The first-order valence-electron chi connectivity index (χ1n) is 4.58. The van der Waals surface area contributed by atoms with Gasteiger partial charge in [0, 0.05) is 5.56 Å². The third-order valence-corrected chi connectivity index (χ3v) is 3.20. The molecule has 2 N–H and O–H groups in total. The summed E-state index contributed by atoms with van der Waals surface area (Å²) >= 11 is 0. The number of hydrogen-bond acceptors (Lipinski definition) is 4. The van der Waals surface area contributed by atoms with Crippen molar-refractivity contribution in [3.63, 3.8) is 0 Å². The Morgan fingerprint density at radius 1 is 1.56 bits per heavy atom. The lowest BCUT2D eigenvalue weighted by molar-refractivity contribution is 0.151. The minimum atomic E-state index is -3.94. The van der Waals surface area contributed by atoms with Crippen LogP contribution in [-0.2, 0) is 10.3 Å². The zero-order valence-electron chi connectivity index (χ0n) is 8.34. The highest BCUT2D eigenvalue weighted by atomic mass is 32.2. The fourth-order valence-corrected chi connectivity index (χ4v) is 2.63. The predicted octanol–water partition coefficient (Wildman–Crippen LogP) is 0.474. The first kappa shape index (κ1) is 11.3. The topological polar surface area (TPSA) is 75.6 Å². The Balaban J connectivity index is 2.56. The van der Waals surface area contributed by atoms with Gasteiger partial charge in [-0.2, -0.15) is 13.1 Å². The molecule has 1 aliphatic rings. The summed E-state index contributed by atoms with van der Waals surface area (Å²) in [5.41, 5.74) is 0.282. The minimum Gasteiger partial charge on any atom is -0.391 e. The molecule has 0 amide bonds. The van der Waals surface area contributed by atoms with Crippen molar-refractivity contribution in [3.05, 3.63) is 29.6 Å². The van der Waals surface area contributed by atoms with E-state index >= 15 is 0 Å². The zero-order valence-corrected chi connectivity index (χ0v) is 9.16. The SMILES string of the molecule is C[C@@H](O)[C@@H]1NS(=O)(=O)Oc2ccc(F)cc21. The molecule has 0 bridgehead atoms. The molecule has 2 rings (SSSR count). The summed E-state index contributed by atoms with van der Waals surface area (Å²) in [7, 11) is -3.94. The van der Waals surface area contributed by atoms with Crippen LogP contribution in [0.1, 0.15) is 18.5 Å². The average Bonchev–Trinajstić information content (AvgIpc) is 2.16. The van der Waals surface area contributed by atoms with E-state index in [2.05, 4.69) is 8.91 Å². The van der Waals surface area contributed by atoms with E-state index in [9.17, 15) is 17.9 Å². The molecule has 7 heteroatoms. The summed E-state index contributed by atoms with van der Waals surface area (Å²) in [6.07, 6.45) is -0.987. The van der Waals surface area contributed by atoms with Crippen LogP contribution in [0.4, 0.5) is 4.39 Å². The van der Waals surface area contributed by atoms with Gasteiger partial charge in [0.1, 0.15) is 11.6 Å². The molecule has 2 atom stereocenters. The number of benzene rings is 1. The Labute approximate surface area is 92.1 Å². The lowest BCUT2D eigenvalue weighted by atomic mass is 10.0. The van der Waals surface area contributed by atoms with Crippen molar-refractivity contribution in [2.24, 2.45) is 0 Å². The fourth-order valence-electron chi connectivity index (χ4n) is 1.56. The highest BCUT2D eigenvalue weighted by Gasteiger charge is 2.33. The Bertz CT molecular complexity index is 514. The standard InChI is InChI=1S/C9H10FNO4S/c1-5(12)9-7-4-6(10)2-3-8(7)15-16(13,14)11-9/h2-5,9,11-12H,1H3/t5-,9+/m1/s1. The number of aliphatic hydroxyl groups excluding tert-OH is 1. The fraction of sp³-hybridized carbons (Fsp3) is 0.333. The number of nitrogens with one attached hydrogen (secondary N) is 1. The van der Waals surface area contributed by atoms with Gasteiger partial charge in [0.25, 0.3) is 0 Å². The molecule has 16 heavy (non-hydrogen) atoms. The third kappa shape index (κ3) is 2.01. The second-order valence-electron chi connectivity index (χ2n) is 3.56. The molecular weight excluding hydrogens is 237 g/mol. The lowest BCUT2D eigenvalue weighted by Gasteiger charge is -2.27. The summed E-state index contributed by atoms with van der Waals surface area (Å²) < 4.78 is 42.3. The molecule has 0 unspecified atom stereocenters. The first-order valence-corrected chi connectivity index (χ1v) is 5.99. The molecule has 5 nitrogen and oxygen atoms in total. The number of aliphatic hydroxyl groups is 1. The molecular formula is C9H10FNO4S. The maximum absolute atomic E-state index is 13.0. The van der Waals surface area contributed by atoms with E-state index in [1.807, 2.05) is 0 Å². The van der Waals surface area contributed by atoms with Gasteiger partial charge in [0.2, 0.25) is 0 Å². The normalized spacial score (nSPS) is 24.3. The highest BCUT2D eigenvalue weighted by molar-refractivity contribution is 7.85. The predicted molar refractivity (Wildman–Crippen MR) is 53.5 cm³/mol. The van der Waals surface area contributed by atoms with E-state index < -0.39 is 28.3 Å². The molecule has 0 fully saturated rings. The van der Waals surface area contributed by atoms with E-state index in [1.54, 1.807) is 0 Å². The van der Waals surface area contributed by atoms with Crippen LogP contribution in [0, 0.1) is 5.82 Å². The first-order chi connectivity index (χ1) is 7.39. The summed E-state index contributed by atoms with van der Waals surface area (Å²) in [6, 6.07) is 2.55. The number of fused-ring (bicyclic) bond motifs is 1. The van der Waals surface area contributed by atoms with Crippen molar-refractivity contribution < 1.29 is 22.1 Å². The molecule has 0 saturated heterocycles. The molecule has 0 aromatic heterocycles. The van der Waals surface area contributed by atoms with Gasteiger partial charge < -0.3 is 9.29 Å². The summed E-state index contributed by atoms with van der Waals surface area (Å²) in [5, 5.41) is 9.44. The quantitative estimate of drug-likeness (QED) is 0.756. The molecule has 0 aliphatic carbocycles. The van der Waals surface area contributed by atoms with Crippen LogP contribution >= 0.6 is 0 Å². The zero-order chi connectivity index (χ0) is 11.9. The van der Waals surface area contributed by atoms with Gasteiger partial charge in [-0.05, 0) is 25.1 Å². The van der Waals surface area contributed by atoms with Crippen LogP contribution in [-0.4, -0.2) is 19.6 Å². The number of rotatable bonds is 1. The third-order valence-electron chi connectivity index (χ3n) is 2.26. The van der Waals surface area contributed by atoms with Crippen LogP contribution in [0.25, 0.3) is 0 Å². The molecule has 0 radical (unpaired) electrons. The largest absolute Gasteiger partial charge is 0.391 e. The van der Waals surface area contributed by atoms with Crippen molar-refractivity contribution in [3.8, 4) is 5.75 Å². The molecule has 1 heterocycles. The number of hydrogen-bond donors (Lipinski definition) is 2. The summed E-state index contributed by atoms with van der Waals surface area (Å²) in [4.78, 5) is 0. The molecule has 1 aliphatic heterocycles. The van der Waals surface area contributed by atoms with Crippen LogP contribution in [0.3, 0.4) is 0 Å². The van der Waals surface area contributed by atoms with Gasteiger partial charge in [0.05, 0.1) is 12.1 Å². The second-order valence-corrected chi connectivity index (χ2v) is 4.87. The van der Waals surface area contributed by atoms with Crippen molar-refractivity contribution in [2.45, 2.75) is 19.1 Å². The van der Waals surface area contributed by atoms with E-state index in [0.717, 1.165) is 12.1 Å². The average molecular weight is 247 g/mol. The lowest BCUT2D eigenvalue weighted by Crippen LogP contribution is -2.41. The van der Waals surface area contributed by atoms with Gasteiger partial charge in [-0.1, -0.05) is 0 Å². The minimum absolute atomic E-state index is 0.0334. The molecule has 1 aromatic rings. The van der Waals surface area contributed by atoms with Gasteiger partial charge in [-0.3, -0.25) is 0 Å². The van der Waals surface area contributed by atoms with Crippen LogP contribution in [0.5, 0.6) is 5.75 Å². The van der Waals surface area contributed by atoms with E-state index in [1.165, 1.54) is 13.0 Å². The maximum atomic E-state index is 13.0. The van der Waals surface area contributed by atoms with Gasteiger partial charge in [-0.15, -0.1) is 0 Å². The Morgan fingerprint density at radius 2 is 2.25 bits per heavy atom. The number of halogens is 1. The van der Waals surface area contributed by atoms with E-state index in [-0.39, 0.29) is 11.3 Å². The highest BCUT2D eigenvalue weighted by Crippen LogP contribution is 2.33. The van der Waals surface area contributed by atoms with Crippen LogP contribution in [0.2, 0.25) is 0 Å². The molecule has 88 valence electrons. The van der Waals surface area contributed by atoms with E-state index in [0.29, 0.717) is 0 Å². The van der Waals surface area contributed by atoms with Crippen molar-refractivity contribution in [1.29, 1.82) is 0 Å². The van der Waals surface area contributed by atoms with Gasteiger partial charge in [0.15, 0.2) is 0 Å². The van der Waals surface area contributed by atoms with Crippen LogP contribution < -0.4 is 8.91 Å². The molecule has 1 aromatic carbocycles. The summed E-state index contributed by atoms with van der Waals surface area (Å²) in [5.74, 6) is -0.486. The Kier molecular flexibility index (Phi) is 2.61. The van der Waals surface area contributed by atoms with E-state index in [4.69, 9.17) is 0 Å². The van der Waals surface area contributed by atoms with Gasteiger partial charge in [-0.25, -0.2) is 4.39 Å². The monoisotopic (exact) mass is 247 g/mol. The smallest absolute Gasteiger partial charge is 0.383 e. The van der Waals surface area contributed by atoms with Crippen molar-refractivity contribution >= 4 is 10.3 Å². The molecule has 0 spiro atoms. The maximum Gasteiger partial charge on any atom is 0.383 e. The Morgan fingerprint density at radius 3 is 2.88 bits per heavy atom. The summed E-state index contributed by atoms with van der Waals surface area (Å²) in [6.45, 7) is 1.41. The van der Waals surface area contributed by atoms with Crippen molar-refractivity contribution in [2.75, 3.05) is 0 Å².